The number of hydrogen-bond donors (Lipinski definition) is 1. The summed E-state index contributed by atoms with van der Waals surface area (Å²) < 4.78 is 50.5. The van der Waals surface area contributed by atoms with Crippen LogP contribution in [0.1, 0.15) is 39.0 Å². The molecule has 4 rings (SSSR count). The summed E-state index contributed by atoms with van der Waals surface area (Å²) >= 11 is 0. The molecule has 0 saturated carbocycles. The summed E-state index contributed by atoms with van der Waals surface area (Å²) in [6, 6.07) is 8.21. The van der Waals surface area contributed by atoms with Gasteiger partial charge in [-0.25, -0.2) is 9.59 Å². The second-order valence-corrected chi connectivity index (χ2v) is 6.34. The van der Waals surface area contributed by atoms with Crippen molar-refractivity contribution >= 4 is 5.97 Å². The van der Waals surface area contributed by atoms with Crippen LogP contribution in [-0.4, -0.2) is 15.9 Å². The lowest BCUT2D eigenvalue weighted by Gasteiger charge is -2.15. The first-order valence-corrected chi connectivity index (χ1v) is 8.31. The van der Waals surface area contributed by atoms with E-state index in [1.54, 1.807) is 19.1 Å². The molecule has 1 aromatic carbocycles. The molecule has 0 bridgehead atoms. The van der Waals surface area contributed by atoms with Gasteiger partial charge in [-0.1, -0.05) is 18.2 Å². The van der Waals surface area contributed by atoms with E-state index in [-0.39, 0.29) is 34.7 Å². The fourth-order valence-corrected chi connectivity index (χ4v) is 3.24. The lowest BCUT2D eigenvalue weighted by atomic mass is 9.98. The number of hydrogen-bond acceptors (Lipinski definition) is 5. The van der Waals surface area contributed by atoms with Crippen molar-refractivity contribution in [3.8, 4) is 11.5 Å². The zero-order chi connectivity index (χ0) is 20.1. The molecule has 0 saturated heterocycles. The van der Waals surface area contributed by atoms with E-state index in [9.17, 15) is 22.8 Å². The van der Waals surface area contributed by atoms with E-state index < -0.39 is 29.5 Å². The van der Waals surface area contributed by atoms with Crippen molar-refractivity contribution in [2.24, 2.45) is 0 Å². The van der Waals surface area contributed by atoms with Gasteiger partial charge in [-0.05, 0) is 30.7 Å². The van der Waals surface area contributed by atoms with Gasteiger partial charge in [-0.3, -0.25) is 0 Å². The monoisotopic (exact) mass is 390 g/mol. The van der Waals surface area contributed by atoms with Crippen LogP contribution < -0.4 is 5.69 Å². The second-order valence-electron chi connectivity index (χ2n) is 6.34. The molecule has 144 valence electrons. The van der Waals surface area contributed by atoms with Crippen LogP contribution in [0.5, 0.6) is 0 Å². The molecule has 1 N–H and O–H groups in total. The van der Waals surface area contributed by atoms with Gasteiger partial charge >= 0.3 is 17.8 Å². The number of furan rings is 1. The van der Waals surface area contributed by atoms with Crippen molar-refractivity contribution in [2.45, 2.75) is 25.6 Å². The first-order valence-electron chi connectivity index (χ1n) is 8.31. The highest BCUT2D eigenvalue weighted by atomic mass is 19.4. The summed E-state index contributed by atoms with van der Waals surface area (Å²) in [5.74, 6) is -0.0294. The molecule has 9 heteroatoms. The van der Waals surface area contributed by atoms with E-state index in [4.69, 9.17) is 9.15 Å². The Bertz CT molecular complexity index is 1130. The molecule has 28 heavy (non-hydrogen) atoms. The minimum atomic E-state index is -4.55. The third-order valence-electron chi connectivity index (χ3n) is 4.44. The number of aromatic amines is 1. The Kier molecular flexibility index (Phi) is 4.10. The maximum absolute atomic E-state index is 13.3. The molecule has 1 unspecified atom stereocenters. The van der Waals surface area contributed by atoms with E-state index in [0.717, 1.165) is 6.07 Å². The molecule has 0 radical (unpaired) electrons. The highest BCUT2D eigenvalue weighted by Gasteiger charge is 2.39. The maximum atomic E-state index is 13.3. The molecule has 0 amide bonds. The zero-order valence-corrected chi connectivity index (χ0v) is 14.5. The van der Waals surface area contributed by atoms with Gasteiger partial charge in [0, 0.05) is 6.42 Å². The Hall–Kier alpha value is -3.36. The number of halogens is 3. The zero-order valence-electron chi connectivity index (χ0n) is 14.5. The first kappa shape index (κ1) is 18.0. The Morgan fingerprint density at radius 2 is 1.89 bits per heavy atom. The van der Waals surface area contributed by atoms with Crippen molar-refractivity contribution < 1.29 is 27.1 Å². The number of carbonyl (C=O) groups excluding carboxylic acids is 1. The predicted molar refractivity (Wildman–Crippen MR) is 90.6 cm³/mol. The first-order chi connectivity index (χ1) is 13.2. The summed E-state index contributed by atoms with van der Waals surface area (Å²) in [6.07, 6.45) is -5.87. The van der Waals surface area contributed by atoms with Gasteiger partial charge in [0.1, 0.15) is 23.1 Å². The van der Waals surface area contributed by atoms with Gasteiger partial charge in [-0.2, -0.15) is 18.2 Å². The van der Waals surface area contributed by atoms with Crippen LogP contribution >= 0.6 is 0 Å². The Morgan fingerprint density at radius 1 is 1.14 bits per heavy atom. The fraction of sp³-hybridized carbons (Fsp3) is 0.211. The van der Waals surface area contributed by atoms with E-state index in [1.807, 2.05) is 0 Å². The molecule has 3 heterocycles. The number of benzene rings is 1. The van der Waals surface area contributed by atoms with Gasteiger partial charge < -0.3 is 14.1 Å². The van der Waals surface area contributed by atoms with Gasteiger partial charge in [0.05, 0.1) is 11.3 Å². The van der Waals surface area contributed by atoms with Crippen molar-refractivity contribution in [3.63, 3.8) is 0 Å². The largest absolute Gasteiger partial charge is 0.460 e. The average Bonchev–Trinajstić information content (AvgIpc) is 3.18. The summed E-state index contributed by atoms with van der Waals surface area (Å²) in [5.41, 5.74) is -1.54. The number of carbonyl (C=O) groups is 1. The Labute approximate surface area is 156 Å². The third-order valence-corrected chi connectivity index (χ3v) is 4.44. The topological polar surface area (TPSA) is 85.2 Å². The highest BCUT2D eigenvalue weighted by Crippen LogP contribution is 2.39. The number of fused-ring (bicyclic) bond motifs is 1. The molecule has 2 aromatic heterocycles. The number of H-pyrrole nitrogens is 1. The van der Waals surface area contributed by atoms with Crippen molar-refractivity contribution in [1.29, 1.82) is 0 Å². The Balaban J connectivity index is 1.79. The third kappa shape index (κ3) is 3.08. The summed E-state index contributed by atoms with van der Waals surface area (Å²) in [4.78, 5) is 30.6. The van der Waals surface area contributed by atoms with Gasteiger partial charge in [-0.15, -0.1) is 0 Å². The van der Waals surface area contributed by atoms with E-state index >= 15 is 0 Å². The lowest BCUT2D eigenvalue weighted by molar-refractivity contribution is -0.138. The van der Waals surface area contributed by atoms with Crippen LogP contribution in [0.2, 0.25) is 0 Å². The highest BCUT2D eigenvalue weighted by molar-refractivity contribution is 5.99. The van der Waals surface area contributed by atoms with E-state index in [1.165, 1.54) is 18.2 Å². The summed E-state index contributed by atoms with van der Waals surface area (Å²) in [5, 5.41) is 0. The molecule has 1 aliphatic rings. The van der Waals surface area contributed by atoms with Gasteiger partial charge in [0.15, 0.2) is 5.76 Å². The van der Waals surface area contributed by atoms with Crippen LogP contribution in [0, 0.1) is 6.92 Å². The van der Waals surface area contributed by atoms with Crippen molar-refractivity contribution in [1.82, 2.24) is 9.97 Å². The SMILES string of the molecule is Cc1ccc(-c2nc(=O)[nH]c3c2C(=O)OC3Cc2ccccc2C(F)(F)F)o1. The number of aromatic nitrogens is 2. The molecule has 6 nitrogen and oxygen atoms in total. The maximum Gasteiger partial charge on any atom is 0.416 e. The molecular formula is C19H13F3N2O4. The molecule has 1 aliphatic heterocycles. The van der Waals surface area contributed by atoms with Crippen LogP contribution in [-0.2, 0) is 17.3 Å². The van der Waals surface area contributed by atoms with Gasteiger partial charge in [0.25, 0.3) is 0 Å². The number of alkyl halides is 3. The number of cyclic esters (lactones) is 1. The number of aryl methyl sites for hydroxylation is 1. The number of rotatable bonds is 3. The van der Waals surface area contributed by atoms with Crippen LogP contribution in [0.4, 0.5) is 13.2 Å². The number of nitrogens with zero attached hydrogens (tertiary/aromatic N) is 1. The lowest BCUT2D eigenvalue weighted by Crippen LogP contribution is -2.18. The quantitative estimate of drug-likeness (QED) is 0.688. The number of nitrogens with one attached hydrogen (secondary N) is 1. The van der Waals surface area contributed by atoms with E-state index in [0.29, 0.717) is 5.76 Å². The average molecular weight is 390 g/mol. The minimum Gasteiger partial charge on any atom is -0.460 e. The molecule has 0 fully saturated rings. The van der Waals surface area contributed by atoms with Crippen LogP contribution in [0.25, 0.3) is 11.5 Å². The molecular weight excluding hydrogens is 377 g/mol. The van der Waals surface area contributed by atoms with Crippen molar-refractivity contribution in [3.05, 3.63) is 75.0 Å². The second kappa shape index (κ2) is 6.36. The number of ether oxygens (including phenoxy) is 1. The normalized spacial score (nSPS) is 16.1. The predicted octanol–water partition coefficient (Wildman–Crippen LogP) is 3.81. The fourth-order valence-electron chi connectivity index (χ4n) is 3.24. The van der Waals surface area contributed by atoms with Crippen molar-refractivity contribution in [2.75, 3.05) is 0 Å². The number of esters is 1. The molecule has 0 aliphatic carbocycles. The Morgan fingerprint density at radius 3 is 2.57 bits per heavy atom. The minimum absolute atomic E-state index is 0.00320. The standard InChI is InChI=1S/C19H13F3N2O4/c1-9-6-7-12(27-9)15-14-16(24-18(26)23-15)13(28-17(14)25)8-10-4-2-3-5-11(10)19(20,21)22/h2-7,13H,8H2,1H3,(H,23,24,26). The van der Waals surface area contributed by atoms with E-state index in [2.05, 4.69) is 9.97 Å². The molecule has 1 atom stereocenters. The van der Waals surface area contributed by atoms with Gasteiger partial charge in [0.2, 0.25) is 0 Å². The smallest absolute Gasteiger partial charge is 0.416 e. The van der Waals surface area contributed by atoms with Crippen LogP contribution in [0.15, 0.2) is 45.6 Å². The van der Waals surface area contributed by atoms with Crippen LogP contribution in [0.3, 0.4) is 0 Å². The summed E-state index contributed by atoms with van der Waals surface area (Å²) in [7, 11) is 0. The molecule has 0 spiro atoms. The summed E-state index contributed by atoms with van der Waals surface area (Å²) in [6.45, 7) is 1.69. The molecule has 3 aromatic rings.